The van der Waals surface area contributed by atoms with E-state index >= 15 is 0 Å². The smallest absolute Gasteiger partial charge is 0.329 e. The minimum absolute atomic E-state index is 0.107. The number of aliphatic carboxylic acids is 1. The molecule has 3 aromatic carbocycles. The topological polar surface area (TPSA) is 102 Å². The van der Waals surface area contributed by atoms with Gasteiger partial charge in [-0.2, -0.15) is 0 Å². The number of piperidine rings is 1. The molecule has 198 valence electrons. The molecule has 1 heterocycles. The summed E-state index contributed by atoms with van der Waals surface area (Å²) in [4.78, 5) is 32.6. The number of nitrogens with zero attached hydrogens (tertiary/aromatic N) is 2. The van der Waals surface area contributed by atoms with Gasteiger partial charge in [0.05, 0.1) is 17.9 Å². The molecule has 38 heavy (non-hydrogen) atoms. The number of para-hydroxylation sites is 1. The van der Waals surface area contributed by atoms with Gasteiger partial charge in [-0.1, -0.05) is 85.3 Å². The van der Waals surface area contributed by atoms with Crippen molar-refractivity contribution in [2.24, 2.45) is 4.99 Å². The normalized spacial score (nSPS) is 16.0. The third kappa shape index (κ3) is 7.15. The predicted molar refractivity (Wildman–Crippen MR) is 150 cm³/mol. The number of carboxylic acids is 1. The Hall–Kier alpha value is -3.81. The number of aliphatic hydroxyl groups excluding tert-OH is 1. The molecule has 1 aliphatic heterocycles. The van der Waals surface area contributed by atoms with Crippen LogP contribution in [0.2, 0.25) is 0 Å². The lowest BCUT2D eigenvalue weighted by atomic mass is 9.88. The van der Waals surface area contributed by atoms with Gasteiger partial charge in [-0.25, -0.2) is 4.79 Å². The highest BCUT2D eigenvalue weighted by Crippen LogP contribution is 2.29. The third-order valence-electron chi connectivity index (χ3n) is 6.89. The van der Waals surface area contributed by atoms with E-state index in [2.05, 4.69) is 10.2 Å². The Kier molecular flexibility index (Phi) is 9.78. The highest BCUT2D eigenvalue weighted by molar-refractivity contribution is 6.17. The van der Waals surface area contributed by atoms with Crippen LogP contribution in [0, 0.1) is 0 Å². The van der Waals surface area contributed by atoms with Crippen molar-refractivity contribution in [1.29, 1.82) is 0 Å². The molecule has 3 N–H and O–H groups in total. The molecule has 7 heteroatoms. The van der Waals surface area contributed by atoms with Crippen molar-refractivity contribution in [2.75, 3.05) is 31.6 Å². The van der Waals surface area contributed by atoms with E-state index in [1.54, 1.807) is 0 Å². The molecule has 0 aromatic heterocycles. The van der Waals surface area contributed by atoms with Crippen LogP contribution < -0.4 is 5.32 Å². The predicted octanol–water partition coefficient (Wildman–Crippen LogP) is 4.57. The molecule has 1 fully saturated rings. The van der Waals surface area contributed by atoms with E-state index < -0.39 is 17.9 Å². The summed E-state index contributed by atoms with van der Waals surface area (Å²) in [6.07, 6.45) is 3.65. The Balaban J connectivity index is 1.74. The number of aliphatic hydroxyl groups is 1. The van der Waals surface area contributed by atoms with Crippen LogP contribution in [-0.4, -0.2) is 65.0 Å². The van der Waals surface area contributed by atoms with Gasteiger partial charge < -0.3 is 15.5 Å². The molecule has 1 saturated heterocycles. The molecule has 0 spiro atoms. The molecule has 0 saturated carbocycles. The van der Waals surface area contributed by atoms with Crippen LogP contribution in [0.1, 0.15) is 48.3 Å². The highest BCUT2D eigenvalue weighted by Gasteiger charge is 2.30. The maximum atomic E-state index is 13.0. The van der Waals surface area contributed by atoms with E-state index in [9.17, 15) is 19.8 Å². The second-order valence-electron chi connectivity index (χ2n) is 9.59. The van der Waals surface area contributed by atoms with Gasteiger partial charge in [0, 0.05) is 23.7 Å². The average molecular weight is 514 g/mol. The van der Waals surface area contributed by atoms with Crippen molar-refractivity contribution in [3.63, 3.8) is 0 Å². The van der Waals surface area contributed by atoms with Gasteiger partial charge in [-0.15, -0.1) is 0 Å². The van der Waals surface area contributed by atoms with Crippen molar-refractivity contribution in [3.05, 3.63) is 102 Å². The number of rotatable bonds is 11. The number of carbonyl (C=O) groups excluding carboxylic acids is 1. The van der Waals surface area contributed by atoms with Crippen LogP contribution in [-0.2, 0) is 9.59 Å². The monoisotopic (exact) mass is 513 g/mol. The number of likely N-dealkylation sites (tertiary alicyclic amines) is 1. The number of anilines is 1. The molecular formula is C31H35N3O4. The van der Waals surface area contributed by atoms with Gasteiger partial charge in [0.15, 0.2) is 6.04 Å². The van der Waals surface area contributed by atoms with Crippen molar-refractivity contribution in [3.8, 4) is 0 Å². The van der Waals surface area contributed by atoms with Gasteiger partial charge in [0.1, 0.15) is 0 Å². The average Bonchev–Trinajstić information content (AvgIpc) is 2.94. The number of hydrogen-bond acceptors (Lipinski definition) is 5. The second kappa shape index (κ2) is 13.7. The van der Waals surface area contributed by atoms with Gasteiger partial charge in [-0.05, 0) is 44.0 Å². The standard InChI is InChI=1S/C31H35N3O4/c35-21-18-25(23-12-4-1-5-13-23)30(31(37)38)33-29(24-14-6-2-7-15-24)26-16-8-9-17-27(26)32-28(36)22-34-19-10-3-11-20-34/h1-2,4-9,12-17,25,30,35H,3,10-11,18-22H2,(H,32,36)(H,37,38)/t25-,30+/m0/s1. The maximum absolute atomic E-state index is 13.0. The van der Waals surface area contributed by atoms with Gasteiger partial charge in [0.2, 0.25) is 5.91 Å². The highest BCUT2D eigenvalue weighted by atomic mass is 16.4. The first-order valence-corrected chi connectivity index (χ1v) is 13.2. The van der Waals surface area contributed by atoms with Gasteiger partial charge in [0.25, 0.3) is 0 Å². The fourth-order valence-corrected chi connectivity index (χ4v) is 5.01. The Morgan fingerprint density at radius 3 is 2.16 bits per heavy atom. The largest absolute Gasteiger partial charge is 0.480 e. The Labute approximate surface area is 223 Å². The lowest BCUT2D eigenvalue weighted by Gasteiger charge is -2.26. The second-order valence-corrected chi connectivity index (χ2v) is 9.59. The molecular weight excluding hydrogens is 478 g/mol. The van der Waals surface area contributed by atoms with E-state index in [4.69, 9.17) is 4.99 Å². The van der Waals surface area contributed by atoms with Crippen LogP contribution in [0.5, 0.6) is 0 Å². The van der Waals surface area contributed by atoms with E-state index in [0.29, 0.717) is 23.5 Å². The number of carboxylic acid groups (broad SMARTS) is 1. The molecule has 3 aromatic rings. The first kappa shape index (κ1) is 27.2. The summed E-state index contributed by atoms with van der Waals surface area (Å²) in [7, 11) is 0. The molecule has 7 nitrogen and oxygen atoms in total. The molecule has 1 amide bonds. The molecule has 1 aliphatic rings. The fourth-order valence-electron chi connectivity index (χ4n) is 5.01. The number of amides is 1. The van der Waals surface area contributed by atoms with Gasteiger partial charge in [-0.3, -0.25) is 14.7 Å². The number of benzene rings is 3. The molecule has 0 radical (unpaired) electrons. The lowest BCUT2D eigenvalue weighted by molar-refractivity contribution is -0.139. The number of hydrogen-bond donors (Lipinski definition) is 3. The summed E-state index contributed by atoms with van der Waals surface area (Å²) in [6.45, 7) is 1.98. The summed E-state index contributed by atoms with van der Waals surface area (Å²) < 4.78 is 0. The Bertz CT molecular complexity index is 1220. The summed E-state index contributed by atoms with van der Waals surface area (Å²) in [6, 6.07) is 24.9. The van der Waals surface area contributed by atoms with E-state index in [1.165, 1.54) is 6.42 Å². The summed E-state index contributed by atoms with van der Waals surface area (Å²) in [5, 5.41) is 23.1. The summed E-state index contributed by atoms with van der Waals surface area (Å²) in [5.41, 5.74) is 3.25. The molecule has 0 unspecified atom stereocenters. The van der Waals surface area contributed by atoms with E-state index in [0.717, 1.165) is 37.1 Å². The van der Waals surface area contributed by atoms with E-state index in [-0.39, 0.29) is 18.9 Å². The van der Waals surface area contributed by atoms with E-state index in [1.807, 2.05) is 84.9 Å². The SMILES string of the molecule is O=C(CN1CCCCC1)Nc1ccccc1C(=N[C@@H](C(=O)O)[C@@H](CCO)c1ccccc1)c1ccccc1. The van der Waals surface area contributed by atoms with Crippen LogP contribution in [0.4, 0.5) is 5.69 Å². The summed E-state index contributed by atoms with van der Waals surface area (Å²) >= 11 is 0. The Morgan fingerprint density at radius 2 is 1.50 bits per heavy atom. The first-order valence-electron chi connectivity index (χ1n) is 13.2. The fraction of sp³-hybridized carbons (Fsp3) is 0.323. The van der Waals surface area contributed by atoms with Gasteiger partial charge >= 0.3 is 5.97 Å². The molecule has 2 atom stereocenters. The number of aliphatic imine (C=N–C) groups is 1. The first-order chi connectivity index (χ1) is 18.6. The molecule has 4 rings (SSSR count). The van der Waals surface area contributed by atoms with Crippen LogP contribution >= 0.6 is 0 Å². The third-order valence-corrected chi connectivity index (χ3v) is 6.89. The van der Waals surface area contributed by atoms with Crippen molar-refractivity contribution < 1.29 is 19.8 Å². The minimum atomic E-state index is -1.14. The lowest BCUT2D eigenvalue weighted by Crippen LogP contribution is -2.37. The van der Waals surface area contributed by atoms with Crippen molar-refractivity contribution in [1.82, 2.24) is 4.90 Å². The quantitative estimate of drug-likeness (QED) is 0.326. The van der Waals surface area contributed by atoms with Crippen LogP contribution in [0.25, 0.3) is 0 Å². The molecule has 0 bridgehead atoms. The zero-order chi connectivity index (χ0) is 26.7. The minimum Gasteiger partial charge on any atom is -0.480 e. The zero-order valence-electron chi connectivity index (χ0n) is 21.5. The number of nitrogens with one attached hydrogen (secondary N) is 1. The zero-order valence-corrected chi connectivity index (χ0v) is 21.5. The number of carbonyl (C=O) groups is 2. The maximum Gasteiger partial charge on any atom is 0.329 e. The van der Waals surface area contributed by atoms with Crippen LogP contribution in [0.3, 0.4) is 0 Å². The van der Waals surface area contributed by atoms with Crippen molar-refractivity contribution >= 4 is 23.3 Å². The molecule has 0 aliphatic carbocycles. The Morgan fingerprint density at radius 1 is 0.868 bits per heavy atom. The van der Waals surface area contributed by atoms with Crippen LogP contribution in [0.15, 0.2) is 89.9 Å². The van der Waals surface area contributed by atoms with Crippen molar-refractivity contribution in [2.45, 2.75) is 37.6 Å². The summed E-state index contributed by atoms with van der Waals surface area (Å²) in [5.74, 6) is -1.71.